The standard InChI is InChI=1S/C17H22I3NO5/c1-3-11(17(23)24)9-25-6-4-5-7-26-16-13(19)8-12(18)15(14(16)20)21-10(2)22/h8,11H,3-7,9H2,1-2H3,(H,21,22)(H,23,24). The summed E-state index contributed by atoms with van der Waals surface area (Å²) < 4.78 is 14.2. The van der Waals surface area contributed by atoms with Gasteiger partial charge in [0.1, 0.15) is 5.75 Å². The van der Waals surface area contributed by atoms with Crippen LogP contribution in [-0.2, 0) is 14.3 Å². The van der Waals surface area contributed by atoms with E-state index in [1.54, 1.807) is 0 Å². The minimum Gasteiger partial charge on any atom is -0.491 e. The van der Waals surface area contributed by atoms with E-state index in [0.29, 0.717) is 19.6 Å². The van der Waals surface area contributed by atoms with Crippen molar-refractivity contribution in [3.63, 3.8) is 0 Å². The molecule has 0 spiro atoms. The Hall–Kier alpha value is 0.110. The van der Waals surface area contributed by atoms with Gasteiger partial charge in [-0.2, -0.15) is 0 Å². The fourth-order valence-electron chi connectivity index (χ4n) is 2.06. The quantitative estimate of drug-likeness (QED) is 0.258. The number of carbonyl (C=O) groups excluding carboxylic acids is 1. The van der Waals surface area contributed by atoms with E-state index in [-0.39, 0.29) is 12.5 Å². The van der Waals surface area contributed by atoms with Crippen LogP contribution in [0.25, 0.3) is 0 Å². The SMILES string of the molecule is CCC(COCCCCOc1c(I)cc(I)c(NC(C)=O)c1I)C(=O)O. The van der Waals surface area contributed by atoms with Gasteiger partial charge in [0.2, 0.25) is 5.91 Å². The lowest BCUT2D eigenvalue weighted by atomic mass is 10.1. The summed E-state index contributed by atoms with van der Waals surface area (Å²) in [7, 11) is 0. The second kappa shape index (κ2) is 12.5. The van der Waals surface area contributed by atoms with E-state index in [4.69, 9.17) is 14.6 Å². The van der Waals surface area contributed by atoms with Crippen LogP contribution in [0.4, 0.5) is 5.69 Å². The van der Waals surface area contributed by atoms with Crippen LogP contribution in [0.1, 0.15) is 33.1 Å². The average molecular weight is 701 g/mol. The minimum absolute atomic E-state index is 0.114. The van der Waals surface area contributed by atoms with Crippen LogP contribution in [0, 0.1) is 16.6 Å². The summed E-state index contributed by atoms with van der Waals surface area (Å²) in [6.07, 6.45) is 2.17. The van der Waals surface area contributed by atoms with Crippen LogP contribution in [0.2, 0.25) is 0 Å². The first-order valence-corrected chi connectivity index (χ1v) is 11.4. The predicted molar refractivity (Wildman–Crippen MR) is 126 cm³/mol. The Bertz CT molecular complexity index is 639. The number of rotatable bonds is 11. The average Bonchev–Trinajstić information content (AvgIpc) is 2.56. The number of carboxylic acid groups (broad SMARTS) is 1. The van der Waals surface area contributed by atoms with Gasteiger partial charge in [-0.1, -0.05) is 6.92 Å². The molecule has 0 aromatic heterocycles. The second-order valence-corrected chi connectivity index (χ2v) is 9.02. The van der Waals surface area contributed by atoms with Crippen molar-refractivity contribution in [2.45, 2.75) is 33.1 Å². The molecule has 146 valence electrons. The zero-order valence-corrected chi connectivity index (χ0v) is 21.1. The molecule has 0 aliphatic heterocycles. The van der Waals surface area contributed by atoms with Crippen LogP contribution < -0.4 is 10.1 Å². The van der Waals surface area contributed by atoms with E-state index in [1.165, 1.54) is 6.92 Å². The molecule has 6 nitrogen and oxygen atoms in total. The number of ether oxygens (including phenoxy) is 2. The topological polar surface area (TPSA) is 84.9 Å². The number of nitrogens with one attached hydrogen (secondary N) is 1. The summed E-state index contributed by atoms with van der Waals surface area (Å²) in [6.45, 7) is 4.63. The smallest absolute Gasteiger partial charge is 0.308 e. The highest BCUT2D eigenvalue weighted by Crippen LogP contribution is 2.37. The molecule has 2 N–H and O–H groups in total. The highest BCUT2D eigenvalue weighted by Gasteiger charge is 2.17. The van der Waals surface area contributed by atoms with Gasteiger partial charge in [-0.15, -0.1) is 0 Å². The van der Waals surface area contributed by atoms with E-state index < -0.39 is 11.9 Å². The monoisotopic (exact) mass is 701 g/mol. The third-order valence-corrected chi connectivity index (χ3v) is 6.20. The van der Waals surface area contributed by atoms with Gasteiger partial charge in [-0.25, -0.2) is 0 Å². The van der Waals surface area contributed by atoms with Crippen LogP contribution >= 0.6 is 67.8 Å². The molecule has 0 bridgehead atoms. The molecule has 0 heterocycles. The molecule has 26 heavy (non-hydrogen) atoms. The van der Waals surface area contributed by atoms with Crippen LogP contribution in [-0.4, -0.2) is 36.8 Å². The maximum Gasteiger partial charge on any atom is 0.308 e. The van der Waals surface area contributed by atoms with Gasteiger partial charge in [0, 0.05) is 17.1 Å². The molecule has 1 aromatic rings. The Kier molecular flexibility index (Phi) is 11.7. The lowest BCUT2D eigenvalue weighted by molar-refractivity contribution is -0.144. The number of carboxylic acids is 1. The normalized spacial score (nSPS) is 11.9. The van der Waals surface area contributed by atoms with E-state index in [9.17, 15) is 9.59 Å². The summed E-state index contributed by atoms with van der Waals surface area (Å²) in [5.74, 6) is -0.591. The van der Waals surface area contributed by atoms with Crippen LogP contribution in [0.15, 0.2) is 6.07 Å². The van der Waals surface area contributed by atoms with E-state index >= 15 is 0 Å². The molecule has 9 heteroatoms. The van der Waals surface area contributed by atoms with Gasteiger partial charge in [-0.05, 0) is 93.1 Å². The summed E-state index contributed by atoms with van der Waals surface area (Å²) in [5.41, 5.74) is 0.775. The van der Waals surface area contributed by atoms with Crippen LogP contribution in [0.5, 0.6) is 5.75 Å². The van der Waals surface area contributed by atoms with Crippen molar-refractivity contribution >= 4 is 85.3 Å². The van der Waals surface area contributed by atoms with Crippen molar-refractivity contribution in [3.05, 3.63) is 16.8 Å². The molecular formula is C17H22I3NO5. The van der Waals surface area contributed by atoms with Gasteiger partial charge in [-0.3, -0.25) is 9.59 Å². The molecule has 1 atom stereocenters. The first-order valence-electron chi connectivity index (χ1n) is 8.16. The van der Waals surface area contributed by atoms with Crippen molar-refractivity contribution in [3.8, 4) is 5.75 Å². The number of unbranched alkanes of at least 4 members (excludes halogenated alkanes) is 1. The number of carbonyl (C=O) groups is 2. The van der Waals surface area contributed by atoms with Crippen molar-refractivity contribution in [2.75, 3.05) is 25.1 Å². The highest BCUT2D eigenvalue weighted by atomic mass is 127. The van der Waals surface area contributed by atoms with Crippen molar-refractivity contribution < 1.29 is 24.2 Å². The molecule has 1 amide bonds. The number of anilines is 1. The number of hydrogen-bond acceptors (Lipinski definition) is 4. The maximum absolute atomic E-state index is 11.4. The Morgan fingerprint density at radius 1 is 1.19 bits per heavy atom. The number of aliphatic carboxylic acids is 1. The van der Waals surface area contributed by atoms with Gasteiger partial charge < -0.3 is 19.9 Å². The molecule has 0 aliphatic carbocycles. The summed E-state index contributed by atoms with van der Waals surface area (Å²) in [6, 6.07) is 1.98. The Morgan fingerprint density at radius 3 is 2.42 bits per heavy atom. The first-order chi connectivity index (χ1) is 12.3. The third-order valence-electron chi connectivity index (χ3n) is 3.52. The summed E-state index contributed by atoms with van der Waals surface area (Å²) in [5, 5.41) is 11.8. The predicted octanol–water partition coefficient (Wildman–Crippen LogP) is 4.75. The number of hydrogen-bond donors (Lipinski definition) is 2. The molecule has 0 aliphatic rings. The minimum atomic E-state index is -0.811. The van der Waals surface area contributed by atoms with Crippen molar-refractivity contribution in [1.29, 1.82) is 0 Å². The largest absolute Gasteiger partial charge is 0.491 e. The highest BCUT2D eigenvalue weighted by molar-refractivity contribution is 14.1. The molecule has 0 radical (unpaired) electrons. The zero-order chi connectivity index (χ0) is 19.7. The molecule has 0 saturated heterocycles. The van der Waals surface area contributed by atoms with E-state index in [1.807, 2.05) is 13.0 Å². The summed E-state index contributed by atoms with van der Waals surface area (Å²) >= 11 is 6.61. The molecule has 1 unspecified atom stereocenters. The van der Waals surface area contributed by atoms with Crippen molar-refractivity contribution in [2.24, 2.45) is 5.92 Å². The number of benzene rings is 1. The first kappa shape index (κ1) is 24.1. The Morgan fingerprint density at radius 2 is 1.85 bits per heavy atom. The fourth-order valence-corrected chi connectivity index (χ4v) is 6.02. The van der Waals surface area contributed by atoms with E-state index in [2.05, 4.69) is 73.1 Å². The molecule has 1 rings (SSSR count). The van der Waals surface area contributed by atoms with Gasteiger partial charge >= 0.3 is 5.97 Å². The lowest BCUT2D eigenvalue weighted by Gasteiger charge is -2.16. The molecule has 0 saturated carbocycles. The van der Waals surface area contributed by atoms with Gasteiger partial charge in [0.25, 0.3) is 0 Å². The second-order valence-electron chi connectivity index (χ2n) is 5.61. The van der Waals surface area contributed by atoms with Gasteiger partial charge in [0.05, 0.1) is 32.0 Å². The zero-order valence-electron chi connectivity index (χ0n) is 14.6. The van der Waals surface area contributed by atoms with Gasteiger partial charge in [0.15, 0.2) is 0 Å². The lowest BCUT2D eigenvalue weighted by Crippen LogP contribution is -2.19. The molecule has 1 aromatic carbocycles. The van der Waals surface area contributed by atoms with Crippen LogP contribution in [0.3, 0.4) is 0 Å². The summed E-state index contributed by atoms with van der Waals surface area (Å²) in [4.78, 5) is 22.3. The Balaban J connectivity index is 2.46. The van der Waals surface area contributed by atoms with Crippen molar-refractivity contribution in [1.82, 2.24) is 0 Å². The fraction of sp³-hybridized carbons (Fsp3) is 0.529. The van der Waals surface area contributed by atoms with E-state index in [0.717, 1.165) is 35.0 Å². The number of amides is 1. The third kappa shape index (κ3) is 8.00. The molecule has 0 fully saturated rings. The Labute approximate surface area is 194 Å². The maximum atomic E-state index is 11.4. The molecular weight excluding hydrogens is 679 g/mol. The number of halogens is 3.